The molecule has 1 aromatic heterocycles. The summed E-state index contributed by atoms with van der Waals surface area (Å²) in [6, 6.07) is 0. The van der Waals surface area contributed by atoms with Gasteiger partial charge in [-0.3, -0.25) is 14.8 Å². The molecule has 1 heterocycles. The molecule has 1 aromatic rings. The average Bonchev–Trinajstić information content (AvgIpc) is 2.42. The van der Waals surface area contributed by atoms with E-state index in [-0.39, 0.29) is 11.6 Å². The largest absolute Gasteiger partial charge is 0.543 e. The van der Waals surface area contributed by atoms with Gasteiger partial charge >= 0.3 is 5.69 Å². The maximum Gasteiger partial charge on any atom is 0.319 e. The third-order valence-electron chi connectivity index (χ3n) is 1.97. The van der Waals surface area contributed by atoms with Gasteiger partial charge in [0.05, 0.1) is 10.9 Å². The van der Waals surface area contributed by atoms with Gasteiger partial charge in [-0.1, -0.05) is 13.8 Å². The highest BCUT2D eigenvalue weighted by atomic mass is 16.6. The van der Waals surface area contributed by atoms with Crippen LogP contribution in [-0.2, 0) is 7.05 Å². The Morgan fingerprint density at radius 3 is 2.40 bits per heavy atom. The maximum absolute atomic E-state index is 10.7. The van der Waals surface area contributed by atoms with Crippen LogP contribution in [0.2, 0.25) is 0 Å². The van der Waals surface area contributed by atoms with Crippen LogP contribution in [0.5, 0.6) is 0 Å². The van der Waals surface area contributed by atoms with Crippen molar-refractivity contribution >= 4 is 11.7 Å². The zero-order chi connectivity index (χ0) is 11.7. The number of rotatable bonds is 3. The predicted molar refractivity (Wildman–Crippen MR) is 48.3 cm³/mol. The molecule has 0 aromatic carbocycles. The van der Waals surface area contributed by atoms with Gasteiger partial charge in [0.25, 0.3) is 0 Å². The topological polar surface area (TPSA) is 101 Å². The fourth-order valence-corrected chi connectivity index (χ4v) is 1.33. The van der Waals surface area contributed by atoms with E-state index in [0.29, 0.717) is 0 Å². The van der Waals surface area contributed by atoms with Crippen molar-refractivity contribution in [2.45, 2.75) is 19.8 Å². The number of aromatic carboxylic acids is 1. The number of hydrogen-bond donors (Lipinski definition) is 0. The van der Waals surface area contributed by atoms with Gasteiger partial charge in [0, 0.05) is 13.0 Å². The van der Waals surface area contributed by atoms with E-state index in [1.807, 2.05) is 0 Å². The first-order valence-corrected chi connectivity index (χ1v) is 4.28. The van der Waals surface area contributed by atoms with Crippen LogP contribution in [0.1, 0.15) is 35.9 Å². The molecule has 7 nitrogen and oxygen atoms in total. The first-order valence-electron chi connectivity index (χ1n) is 4.28. The summed E-state index contributed by atoms with van der Waals surface area (Å²) in [5.74, 6) is -1.81. The lowest BCUT2D eigenvalue weighted by Crippen LogP contribution is -2.26. The van der Waals surface area contributed by atoms with Crippen molar-refractivity contribution in [3.63, 3.8) is 0 Å². The molecular weight excluding hydrogens is 202 g/mol. The summed E-state index contributed by atoms with van der Waals surface area (Å²) in [7, 11) is 1.34. The van der Waals surface area contributed by atoms with Crippen molar-refractivity contribution in [1.29, 1.82) is 0 Å². The lowest BCUT2D eigenvalue weighted by molar-refractivity contribution is -0.386. The maximum atomic E-state index is 10.7. The van der Waals surface area contributed by atoms with E-state index < -0.39 is 22.3 Å². The molecule has 0 unspecified atom stereocenters. The summed E-state index contributed by atoms with van der Waals surface area (Å²) in [4.78, 5) is 20.7. The second kappa shape index (κ2) is 3.68. The van der Waals surface area contributed by atoms with Gasteiger partial charge in [-0.15, -0.1) is 0 Å². The third-order valence-corrected chi connectivity index (χ3v) is 1.97. The number of carboxylic acids is 1. The molecule has 0 aliphatic heterocycles. The van der Waals surface area contributed by atoms with Crippen LogP contribution in [0.15, 0.2) is 0 Å². The number of carbonyl (C=O) groups is 1. The van der Waals surface area contributed by atoms with Crippen LogP contribution in [-0.4, -0.2) is 20.7 Å². The molecule has 0 bridgehead atoms. The Bertz CT molecular complexity index is 422. The van der Waals surface area contributed by atoms with Crippen molar-refractivity contribution in [2.75, 3.05) is 0 Å². The summed E-state index contributed by atoms with van der Waals surface area (Å²) in [5.41, 5.74) is -0.821. The van der Waals surface area contributed by atoms with E-state index in [1.165, 1.54) is 7.05 Å². The molecule has 0 radical (unpaired) electrons. The molecule has 0 saturated carbocycles. The van der Waals surface area contributed by atoms with Crippen molar-refractivity contribution < 1.29 is 14.8 Å². The molecule has 0 aliphatic rings. The van der Waals surface area contributed by atoms with E-state index in [0.717, 1.165) is 4.68 Å². The summed E-state index contributed by atoms with van der Waals surface area (Å²) >= 11 is 0. The third kappa shape index (κ3) is 1.80. The minimum absolute atomic E-state index is 0.154. The van der Waals surface area contributed by atoms with Crippen LogP contribution >= 0.6 is 0 Å². The van der Waals surface area contributed by atoms with E-state index in [9.17, 15) is 20.0 Å². The molecule has 0 amide bonds. The van der Waals surface area contributed by atoms with Crippen LogP contribution < -0.4 is 5.11 Å². The summed E-state index contributed by atoms with van der Waals surface area (Å²) in [5, 5.41) is 25.2. The number of nitrogens with zero attached hydrogens (tertiary/aromatic N) is 3. The summed E-state index contributed by atoms with van der Waals surface area (Å²) in [6.07, 6.45) is 0. The molecule has 0 N–H and O–H groups in total. The number of hydrogen-bond acceptors (Lipinski definition) is 5. The predicted octanol–water partition coefficient (Wildman–Crippen LogP) is -0.185. The number of nitro groups is 1. The Morgan fingerprint density at radius 1 is 1.53 bits per heavy atom. The Hall–Kier alpha value is -1.92. The van der Waals surface area contributed by atoms with Crippen LogP contribution in [0.4, 0.5) is 5.69 Å². The highest BCUT2D eigenvalue weighted by Gasteiger charge is 2.28. The SMILES string of the molecule is CC(C)c1nn(C)c(C(=O)[O-])c1[N+](=O)[O-]. The zero-order valence-electron chi connectivity index (χ0n) is 8.55. The van der Waals surface area contributed by atoms with Crippen LogP contribution in [0.3, 0.4) is 0 Å². The van der Waals surface area contributed by atoms with Crippen molar-refractivity contribution in [3.8, 4) is 0 Å². The minimum atomic E-state index is -1.59. The monoisotopic (exact) mass is 212 g/mol. The summed E-state index contributed by atoms with van der Waals surface area (Å²) in [6.45, 7) is 3.41. The lowest BCUT2D eigenvalue weighted by atomic mass is 10.1. The van der Waals surface area contributed by atoms with Crippen molar-refractivity contribution in [1.82, 2.24) is 9.78 Å². The Balaban J connectivity index is 3.51. The van der Waals surface area contributed by atoms with E-state index in [4.69, 9.17) is 0 Å². The van der Waals surface area contributed by atoms with Gasteiger partial charge in [0.1, 0.15) is 5.69 Å². The van der Waals surface area contributed by atoms with Crippen molar-refractivity contribution in [3.05, 3.63) is 21.5 Å². The highest BCUT2D eigenvalue weighted by molar-refractivity contribution is 5.89. The Kier molecular flexibility index (Phi) is 2.74. The Labute approximate surface area is 85.5 Å². The molecular formula is C8H10N3O4-. The molecule has 82 valence electrons. The highest BCUT2D eigenvalue weighted by Crippen LogP contribution is 2.28. The quantitative estimate of drug-likeness (QED) is 0.510. The number of carbonyl (C=O) groups excluding carboxylic acids is 1. The van der Waals surface area contributed by atoms with E-state index in [2.05, 4.69) is 5.10 Å². The van der Waals surface area contributed by atoms with Gasteiger partial charge in [-0.25, -0.2) is 0 Å². The van der Waals surface area contributed by atoms with Crippen molar-refractivity contribution in [2.24, 2.45) is 7.05 Å². The van der Waals surface area contributed by atoms with E-state index in [1.54, 1.807) is 13.8 Å². The van der Waals surface area contributed by atoms with Crippen LogP contribution in [0, 0.1) is 10.1 Å². The lowest BCUT2D eigenvalue weighted by Gasteiger charge is -2.01. The van der Waals surface area contributed by atoms with Gasteiger partial charge in [-0.05, 0) is 0 Å². The Morgan fingerprint density at radius 2 is 2.07 bits per heavy atom. The molecule has 0 fully saturated rings. The molecule has 1 rings (SSSR count). The number of aromatic nitrogens is 2. The minimum Gasteiger partial charge on any atom is -0.543 e. The second-order valence-corrected chi connectivity index (χ2v) is 3.41. The number of aryl methyl sites for hydroxylation is 1. The van der Waals surface area contributed by atoms with Gasteiger partial charge in [0.15, 0.2) is 5.69 Å². The van der Waals surface area contributed by atoms with Gasteiger partial charge < -0.3 is 9.90 Å². The standard InChI is InChI=1S/C8H11N3O4/c1-4(2)5-6(11(14)15)7(8(12)13)10(3)9-5/h4H,1-3H3,(H,12,13)/p-1. The van der Waals surface area contributed by atoms with E-state index >= 15 is 0 Å². The first-order chi connectivity index (χ1) is 6.86. The molecule has 0 spiro atoms. The van der Waals surface area contributed by atoms with Crippen LogP contribution in [0.25, 0.3) is 0 Å². The fraction of sp³-hybridized carbons (Fsp3) is 0.500. The first kappa shape index (κ1) is 11.2. The molecule has 7 heteroatoms. The number of carboxylic acid groups (broad SMARTS) is 1. The zero-order valence-corrected chi connectivity index (χ0v) is 8.55. The molecule has 0 saturated heterocycles. The fourth-order valence-electron chi connectivity index (χ4n) is 1.33. The molecule has 0 aliphatic carbocycles. The second-order valence-electron chi connectivity index (χ2n) is 3.41. The normalized spacial score (nSPS) is 10.7. The molecule has 0 atom stereocenters. The summed E-state index contributed by atoms with van der Waals surface area (Å²) < 4.78 is 0.961. The van der Waals surface area contributed by atoms with Gasteiger partial charge in [-0.2, -0.15) is 5.10 Å². The molecule has 15 heavy (non-hydrogen) atoms. The van der Waals surface area contributed by atoms with Gasteiger partial charge in [0.2, 0.25) is 0 Å². The smallest absolute Gasteiger partial charge is 0.319 e. The average molecular weight is 212 g/mol.